The van der Waals surface area contributed by atoms with Gasteiger partial charge < -0.3 is 9.84 Å². The zero-order valence-electron chi connectivity index (χ0n) is 7.87. The number of halogens is 1. The van der Waals surface area contributed by atoms with Crippen molar-refractivity contribution in [2.45, 2.75) is 19.3 Å². The second kappa shape index (κ2) is 3.86. The summed E-state index contributed by atoms with van der Waals surface area (Å²) in [5.41, 5.74) is 0. The summed E-state index contributed by atoms with van der Waals surface area (Å²) in [6.07, 6.45) is 3.61. The fourth-order valence-electron chi connectivity index (χ4n) is 1.47. The van der Waals surface area contributed by atoms with E-state index in [0.29, 0.717) is 12.5 Å². The summed E-state index contributed by atoms with van der Waals surface area (Å²) in [5, 5.41) is 9.35. The highest BCUT2D eigenvalue weighted by Crippen LogP contribution is 2.30. The molecule has 1 aliphatic rings. The number of hydrogen-bond donors (Lipinski definition) is 1. The average Bonchev–Trinajstić information content (AvgIpc) is 2.08. The monoisotopic (exact) mass is 196 g/mol. The standard InChI is InChI=1S/C11H13FO2/c12-9-4-5-10(13)11(6-9)14-7-8-2-1-3-8/h4-6,8,13H,1-3,7H2. The van der Waals surface area contributed by atoms with E-state index in [9.17, 15) is 9.50 Å². The van der Waals surface area contributed by atoms with Gasteiger partial charge in [0, 0.05) is 6.07 Å². The van der Waals surface area contributed by atoms with Crippen LogP contribution >= 0.6 is 0 Å². The third-order valence-electron chi connectivity index (χ3n) is 2.62. The lowest BCUT2D eigenvalue weighted by Gasteiger charge is -2.25. The third kappa shape index (κ3) is 1.97. The van der Waals surface area contributed by atoms with E-state index in [1.807, 2.05) is 0 Å². The highest BCUT2D eigenvalue weighted by molar-refractivity contribution is 5.38. The van der Waals surface area contributed by atoms with Crippen LogP contribution in [0.4, 0.5) is 4.39 Å². The first-order chi connectivity index (χ1) is 6.75. The molecule has 0 unspecified atom stereocenters. The van der Waals surface area contributed by atoms with Crippen LogP contribution in [0.25, 0.3) is 0 Å². The minimum absolute atomic E-state index is 0.00530. The normalized spacial score (nSPS) is 16.4. The molecule has 0 amide bonds. The molecule has 2 rings (SSSR count). The van der Waals surface area contributed by atoms with E-state index in [4.69, 9.17) is 4.74 Å². The van der Waals surface area contributed by atoms with E-state index in [0.717, 1.165) is 0 Å². The van der Waals surface area contributed by atoms with E-state index in [-0.39, 0.29) is 17.3 Å². The number of aromatic hydroxyl groups is 1. The minimum atomic E-state index is -0.383. The molecule has 76 valence electrons. The van der Waals surface area contributed by atoms with Crippen LogP contribution in [-0.4, -0.2) is 11.7 Å². The molecule has 0 radical (unpaired) electrons. The first-order valence-corrected chi connectivity index (χ1v) is 4.87. The van der Waals surface area contributed by atoms with E-state index >= 15 is 0 Å². The summed E-state index contributed by atoms with van der Waals surface area (Å²) in [5.74, 6) is 0.451. The third-order valence-corrected chi connectivity index (χ3v) is 2.62. The number of ether oxygens (including phenoxy) is 1. The van der Waals surface area contributed by atoms with Gasteiger partial charge in [-0.15, -0.1) is 0 Å². The summed E-state index contributed by atoms with van der Waals surface area (Å²) in [7, 11) is 0. The lowest BCUT2D eigenvalue weighted by molar-refractivity contribution is 0.176. The molecular formula is C11H13FO2. The Morgan fingerprint density at radius 1 is 1.43 bits per heavy atom. The number of phenolic OH excluding ortho intramolecular Hbond substituents is 1. The smallest absolute Gasteiger partial charge is 0.163 e. The Hall–Kier alpha value is -1.25. The predicted octanol–water partition coefficient (Wildman–Crippen LogP) is 2.71. The Balaban J connectivity index is 1.96. The van der Waals surface area contributed by atoms with Crippen LogP contribution < -0.4 is 4.74 Å². The number of hydrogen-bond acceptors (Lipinski definition) is 2. The SMILES string of the molecule is Oc1ccc(F)cc1OCC1CCC1. The van der Waals surface area contributed by atoms with Crippen LogP contribution in [0.3, 0.4) is 0 Å². The van der Waals surface area contributed by atoms with Crippen molar-refractivity contribution in [3.8, 4) is 11.5 Å². The second-order valence-electron chi connectivity index (χ2n) is 3.72. The van der Waals surface area contributed by atoms with E-state index in [2.05, 4.69) is 0 Å². The second-order valence-corrected chi connectivity index (χ2v) is 3.72. The molecule has 0 heterocycles. The summed E-state index contributed by atoms with van der Waals surface area (Å²) in [6, 6.07) is 3.74. The molecule has 2 nitrogen and oxygen atoms in total. The maximum absolute atomic E-state index is 12.8. The molecule has 0 saturated heterocycles. The molecule has 1 aromatic carbocycles. The Morgan fingerprint density at radius 3 is 2.86 bits per heavy atom. The number of rotatable bonds is 3. The van der Waals surface area contributed by atoms with Gasteiger partial charge in [0.1, 0.15) is 5.82 Å². The maximum Gasteiger partial charge on any atom is 0.163 e. The zero-order valence-corrected chi connectivity index (χ0v) is 7.87. The average molecular weight is 196 g/mol. The molecule has 1 saturated carbocycles. The zero-order chi connectivity index (χ0) is 9.97. The fraction of sp³-hybridized carbons (Fsp3) is 0.455. The van der Waals surface area contributed by atoms with E-state index < -0.39 is 0 Å². The molecule has 0 atom stereocenters. The van der Waals surface area contributed by atoms with E-state index in [1.54, 1.807) is 0 Å². The Labute approximate surface area is 82.3 Å². The Morgan fingerprint density at radius 2 is 2.21 bits per heavy atom. The molecule has 1 fully saturated rings. The van der Waals surface area contributed by atoms with Crippen molar-refractivity contribution in [1.29, 1.82) is 0 Å². The first-order valence-electron chi connectivity index (χ1n) is 4.87. The summed E-state index contributed by atoms with van der Waals surface area (Å²) in [6.45, 7) is 0.580. The van der Waals surface area contributed by atoms with Crippen molar-refractivity contribution in [3.05, 3.63) is 24.0 Å². The molecule has 0 spiro atoms. The first kappa shape index (κ1) is 9.31. The van der Waals surface area contributed by atoms with E-state index in [1.165, 1.54) is 37.5 Å². The van der Waals surface area contributed by atoms with Crippen molar-refractivity contribution in [3.63, 3.8) is 0 Å². The molecule has 0 aliphatic heterocycles. The molecule has 1 N–H and O–H groups in total. The van der Waals surface area contributed by atoms with Gasteiger partial charge in [0.25, 0.3) is 0 Å². The predicted molar refractivity (Wildman–Crippen MR) is 50.9 cm³/mol. The Bertz CT molecular complexity index is 321. The largest absolute Gasteiger partial charge is 0.504 e. The van der Waals surface area contributed by atoms with Crippen LogP contribution in [-0.2, 0) is 0 Å². The van der Waals surface area contributed by atoms with Gasteiger partial charge in [-0.25, -0.2) is 4.39 Å². The van der Waals surface area contributed by atoms with Crippen LogP contribution in [0.15, 0.2) is 18.2 Å². The van der Waals surface area contributed by atoms with Crippen molar-refractivity contribution >= 4 is 0 Å². The van der Waals surface area contributed by atoms with Gasteiger partial charge in [-0.1, -0.05) is 6.42 Å². The van der Waals surface area contributed by atoms with Gasteiger partial charge in [0.15, 0.2) is 11.5 Å². The lowest BCUT2D eigenvalue weighted by Crippen LogP contribution is -2.19. The van der Waals surface area contributed by atoms with Gasteiger partial charge in [-0.05, 0) is 30.9 Å². The van der Waals surface area contributed by atoms with Crippen molar-refractivity contribution in [2.24, 2.45) is 5.92 Å². The lowest BCUT2D eigenvalue weighted by atomic mass is 9.86. The highest BCUT2D eigenvalue weighted by atomic mass is 19.1. The van der Waals surface area contributed by atoms with Crippen molar-refractivity contribution in [2.75, 3.05) is 6.61 Å². The molecule has 0 aromatic heterocycles. The van der Waals surface area contributed by atoms with Crippen molar-refractivity contribution in [1.82, 2.24) is 0 Å². The molecule has 1 aliphatic carbocycles. The molecule has 1 aromatic rings. The van der Waals surface area contributed by atoms with Crippen LogP contribution in [0.1, 0.15) is 19.3 Å². The Kier molecular flexibility index (Phi) is 2.57. The van der Waals surface area contributed by atoms with Crippen LogP contribution in [0, 0.1) is 11.7 Å². The molecule has 0 bridgehead atoms. The van der Waals surface area contributed by atoms with Gasteiger partial charge >= 0.3 is 0 Å². The topological polar surface area (TPSA) is 29.5 Å². The highest BCUT2D eigenvalue weighted by Gasteiger charge is 2.18. The fourth-order valence-corrected chi connectivity index (χ4v) is 1.47. The van der Waals surface area contributed by atoms with Crippen molar-refractivity contribution < 1.29 is 14.2 Å². The summed E-state index contributed by atoms with van der Waals surface area (Å²) in [4.78, 5) is 0. The number of benzene rings is 1. The van der Waals surface area contributed by atoms with Gasteiger partial charge in [-0.2, -0.15) is 0 Å². The minimum Gasteiger partial charge on any atom is -0.504 e. The van der Waals surface area contributed by atoms with Crippen LogP contribution in [0.2, 0.25) is 0 Å². The van der Waals surface area contributed by atoms with Crippen LogP contribution in [0.5, 0.6) is 11.5 Å². The maximum atomic E-state index is 12.8. The number of phenols is 1. The van der Waals surface area contributed by atoms with Gasteiger partial charge in [0.2, 0.25) is 0 Å². The van der Waals surface area contributed by atoms with Gasteiger partial charge in [-0.3, -0.25) is 0 Å². The molecule has 3 heteroatoms. The van der Waals surface area contributed by atoms with Gasteiger partial charge in [0.05, 0.1) is 6.61 Å². The quantitative estimate of drug-likeness (QED) is 0.805. The summed E-state index contributed by atoms with van der Waals surface area (Å²) >= 11 is 0. The summed E-state index contributed by atoms with van der Waals surface area (Å²) < 4.78 is 18.1. The molecular weight excluding hydrogens is 183 g/mol. The molecule has 14 heavy (non-hydrogen) atoms.